The molecule has 0 fully saturated rings. The predicted molar refractivity (Wildman–Crippen MR) is 136 cm³/mol. The van der Waals surface area contributed by atoms with Gasteiger partial charge in [-0.2, -0.15) is 0 Å². The van der Waals surface area contributed by atoms with Crippen molar-refractivity contribution in [1.29, 1.82) is 0 Å². The van der Waals surface area contributed by atoms with Gasteiger partial charge in [0.15, 0.2) is 5.16 Å². The molecule has 0 atom stereocenters. The molecule has 0 saturated carbocycles. The highest BCUT2D eigenvalue weighted by Gasteiger charge is 2.18. The Bertz CT molecular complexity index is 1430. The number of nitrogens with one attached hydrogen (secondary N) is 1. The first-order valence-corrected chi connectivity index (χ1v) is 11.8. The molecule has 0 aliphatic heterocycles. The molecule has 3 N–H and O–H groups in total. The molecule has 0 aliphatic rings. The SMILES string of the molecule is CC(C)c1ccccc1-n1c(SCC(=O)Nc2ccc(C(N)=O)cc2)nc2ccccc2c1=O. The van der Waals surface area contributed by atoms with Crippen LogP contribution in [0.15, 0.2) is 82.7 Å². The fourth-order valence-electron chi connectivity index (χ4n) is 3.65. The van der Waals surface area contributed by atoms with Gasteiger partial charge in [-0.05, 0) is 53.9 Å². The van der Waals surface area contributed by atoms with E-state index in [1.165, 1.54) is 11.8 Å². The normalized spacial score (nSPS) is 11.0. The molecule has 0 bridgehead atoms. The summed E-state index contributed by atoms with van der Waals surface area (Å²) < 4.78 is 1.59. The van der Waals surface area contributed by atoms with E-state index >= 15 is 0 Å². The van der Waals surface area contributed by atoms with E-state index in [1.54, 1.807) is 41.0 Å². The van der Waals surface area contributed by atoms with E-state index in [4.69, 9.17) is 10.7 Å². The molecule has 3 aromatic carbocycles. The zero-order valence-corrected chi connectivity index (χ0v) is 19.6. The van der Waals surface area contributed by atoms with Crippen molar-refractivity contribution in [2.75, 3.05) is 11.1 Å². The Hall–Kier alpha value is -3.91. The van der Waals surface area contributed by atoms with Crippen LogP contribution in [0.4, 0.5) is 5.69 Å². The van der Waals surface area contributed by atoms with Gasteiger partial charge in [0, 0.05) is 11.3 Å². The molecule has 8 heteroatoms. The minimum Gasteiger partial charge on any atom is -0.366 e. The number of hydrogen-bond acceptors (Lipinski definition) is 5. The number of thioether (sulfide) groups is 1. The van der Waals surface area contributed by atoms with Crippen LogP contribution in [0, 0.1) is 0 Å². The van der Waals surface area contributed by atoms with Gasteiger partial charge < -0.3 is 11.1 Å². The molecule has 1 heterocycles. The Morgan fingerprint density at radius 1 is 1.00 bits per heavy atom. The fourth-order valence-corrected chi connectivity index (χ4v) is 4.45. The summed E-state index contributed by atoms with van der Waals surface area (Å²) in [5, 5.41) is 3.75. The first kappa shape index (κ1) is 23.3. The molecule has 2 amide bonds. The Balaban J connectivity index is 1.67. The average molecular weight is 473 g/mol. The molecule has 0 unspecified atom stereocenters. The molecule has 1 aromatic heterocycles. The molecular formula is C26H24N4O3S. The van der Waals surface area contributed by atoms with Crippen LogP contribution in [0.5, 0.6) is 0 Å². The molecule has 7 nitrogen and oxygen atoms in total. The van der Waals surface area contributed by atoms with Crippen LogP contribution in [0.2, 0.25) is 0 Å². The molecule has 0 radical (unpaired) electrons. The minimum absolute atomic E-state index is 0.0478. The molecular weight excluding hydrogens is 448 g/mol. The number of primary amides is 1. The number of anilines is 1. The minimum atomic E-state index is -0.532. The van der Waals surface area contributed by atoms with Gasteiger partial charge in [0.1, 0.15) is 0 Å². The second-order valence-corrected chi connectivity index (χ2v) is 8.99. The first-order chi connectivity index (χ1) is 16.3. The number of para-hydroxylation sites is 2. The molecule has 0 spiro atoms. The summed E-state index contributed by atoms with van der Waals surface area (Å²) in [6.45, 7) is 4.14. The lowest BCUT2D eigenvalue weighted by Crippen LogP contribution is -2.24. The van der Waals surface area contributed by atoms with Crippen LogP contribution < -0.4 is 16.6 Å². The summed E-state index contributed by atoms with van der Waals surface area (Å²) in [5.41, 5.74) is 8.34. The Morgan fingerprint density at radius 2 is 1.68 bits per heavy atom. The van der Waals surface area contributed by atoms with Gasteiger partial charge in [-0.15, -0.1) is 0 Å². The van der Waals surface area contributed by atoms with Crippen LogP contribution in [0.25, 0.3) is 16.6 Å². The highest BCUT2D eigenvalue weighted by atomic mass is 32.2. The van der Waals surface area contributed by atoms with Crippen molar-refractivity contribution in [3.05, 3.63) is 94.3 Å². The maximum absolute atomic E-state index is 13.5. The second kappa shape index (κ2) is 9.93. The van der Waals surface area contributed by atoms with Gasteiger partial charge in [-0.25, -0.2) is 4.98 Å². The molecule has 34 heavy (non-hydrogen) atoms. The van der Waals surface area contributed by atoms with E-state index in [0.717, 1.165) is 11.3 Å². The fraction of sp³-hybridized carbons (Fsp3) is 0.154. The highest BCUT2D eigenvalue weighted by Crippen LogP contribution is 2.27. The number of amides is 2. The van der Waals surface area contributed by atoms with Crippen LogP contribution in [-0.4, -0.2) is 27.1 Å². The summed E-state index contributed by atoms with van der Waals surface area (Å²) in [7, 11) is 0. The van der Waals surface area contributed by atoms with Crippen LogP contribution in [0.1, 0.15) is 35.7 Å². The highest BCUT2D eigenvalue weighted by molar-refractivity contribution is 7.99. The van der Waals surface area contributed by atoms with Crippen molar-refractivity contribution in [2.45, 2.75) is 24.9 Å². The number of benzene rings is 3. The summed E-state index contributed by atoms with van der Waals surface area (Å²) in [6.07, 6.45) is 0. The van der Waals surface area contributed by atoms with Gasteiger partial charge in [0.2, 0.25) is 11.8 Å². The van der Waals surface area contributed by atoms with Gasteiger partial charge in [-0.3, -0.25) is 19.0 Å². The van der Waals surface area contributed by atoms with E-state index in [9.17, 15) is 14.4 Å². The monoisotopic (exact) mass is 472 g/mol. The number of rotatable bonds is 7. The first-order valence-electron chi connectivity index (χ1n) is 10.8. The van der Waals surface area contributed by atoms with Crippen molar-refractivity contribution in [3.63, 3.8) is 0 Å². The smallest absolute Gasteiger partial charge is 0.266 e. The summed E-state index contributed by atoms with van der Waals surface area (Å²) in [4.78, 5) is 42.1. The van der Waals surface area contributed by atoms with E-state index in [2.05, 4.69) is 19.2 Å². The van der Waals surface area contributed by atoms with E-state index in [1.807, 2.05) is 36.4 Å². The number of aromatic nitrogens is 2. The number of hydrogen-bond donors (Lipinski definition) is 2. The lowest BCUT2D eigenvalue weighted by molar-refractivity contribution is -0.113. The molecule has 172 valence electrons. The number of carbonyl (C=O) groups is 2. The maximum Gasteiger partial charge on any atom is 0.266 e. The topological polar surface area (TPSA) is 107 Å². The van der Waals surface area contributed by atoms with Crippen LogP contribution in [0.3, 0.4) is 0 Å². The maximum atomic E-state index is 13.5. The largest absolute Gasteiger partial charge is 0.366 e. The quantitative estimate of drug-likeness (QED) is 0.307. The van der Waals surface area contributed by atoms with Crippen LogP contribution in [-0.2, 0) is 4.79 Å². The molecule has 0 saturated heterocycles. The number of nitrogens with zero attached hydrogens (tertiary/aromatic N) is 2. The standard InChI is InChI=1S/C26H24N4O3S/c1-16(2)19-7-4-6-10-22(19)30-25(33)20-8-3-5-9-21(20)29-26(30)34-15-23(31)28-18-13-11-17(12-14-18)24(27)32/h3-14,16H,15H2,1-2H3,(H2,27,32)(H,28,31). The third-order valence-electron chi connectivity index (χ3n) is 5.33. The Labute approximate surface area is 201 Å². The third kappa shape index (κ3) is 4.87. The molecule has 4 aromatic rings. The summed E-state index contributed by atoms with van der Waals surface area (Å²) >= 11 is 1.19. The number of nitrogens with two attached hydrogens (primary N) is 1. The molecule has 4 rings (SSSR count). The van der Waals surface area contributed by atoms with Gasteiger partial charge in [0.05, 0.1) is 22.3 Å². The van der Waals surface area contributed by atoms with Gasteiger partial charge in [-0.1, -0.05) is 55.9 Å². The lowest BCUT2D eigenvalue weighted by atomic mass is 10.0. The van der Waals surface area contributed by atoms with Crippen molar-refractivity contribution in [1.82, 2.24) is 9.55 Å². The Kier molecular flexibility index (Phi) is 6.79. The lowest BCUT2D eigenvalue weighted by Gasteiger charge is -2.18. The van der Waals surface area contributed by atoms with E-state index in [0.29, 0.717) is 27.3 Å². The molecule has 0 aliphatic carbocycles. The van der Waals surface area contributed by atoms with E-state index in [-0.39, 0.29) is 23.1 Å². The van der Waals surface area contributed by atoms with Crippen molar-refractivity contribution in [2.24, 2.45) is 5.73 Å². The van der Waals surface area contributed by atoms with E-state index < -0.39 is 5.91 Å². The van der Waals surface area contributed by atoms with Crippen molar-refractivity contribution >= 4 is 40.2 Å². The van der Waals surface area contributed by atoms with Crippen LogP contribution >= 0.6 is 11.8 Å². The van der Waals surface area contributed by atoms with Gasteiger partial charge in [0.25, 0.3) is 5.56 Å². The zero-order chi connectivity index (χ0) is 24.2. The Morgan fingerprint density at radius 3 is 2.38 bits per heavy atom. The van der Waals surface area contributed by atoms with Gasteiger partial charge >= 0.3 is 0 Å². The summed E-state index contributed by atoms with van der Waals surface area (Å²) in [5.74, 6) is -0.552. The number of carbonyl (C=O) groups excluding carboxylic acids is 2. The average Bonchev–Trinajstić information content (AvgIpc) is 2.83. The summed E-state index contributed by atoms with van der Waals surface area (Å²) in [6, 6.07) is 21.3. The van der Waals surface area contributed by atoms with Crippen molar-refractivity contribution in [3.8, 4) is 5.69 Å². The predicted octanol–water partition coefficient (Wildman–Crippen LogP) is 4.34. The number of fused-ring (bicyclic) bond motifs is 1. The zero-order valence-electron chi connectivity index (χ0n) is 18.8. The van der Waals surface area contributed by atoms with Crippen molar-refractivity contribution < 1.29 is 9.59 Å². The third-order valence-corrected chi connectivity index (χ3v) is 6.27. The second-order valence-electron chi connectivity index (χ2n) is 8.04.